The normalized spacial score (nSPS) is 17.2. The molecule has 5 heteroatoms. The highest BCUT2D eigenvalue weighted by Crippen LogP contribution is 2.05. The first-order chi connectivity index (χ1) is 8.27. The number of aromatic nitrogens is 1. The topological polar surface area (TPSA) is 54.7 Å². The molecule has 0 aromatic carbocycles. The SMILES string of the molecule is O=C(O)c1cccn1CCCN1CCOCC1. The van der Waals surface area contributed by atoms with Gasteiger partial charge in [0.1, 0.15) is 5.69 Å². The van der Waals surface area contributed by atoms with Crippen LogP contribution in [-0.2, 0) is 11.3 Å². The first-order valence-electron chi connectivity index (χ1n) is 5.96. The molecule has 0 atom stereocenters. The summed E-state index contributed by atoms with van der Waals surface area (Å²) in [5, 5.41) is 8.95. The van der Waals surface area contributed by atoms with Crippen LogP contribution in [0.3, 0.4) is 0 Å². The lowest BCUT2D eigenvalue weighted by Crippen LogP contribution is -2.37. The van der Waals surface area contributed by atoms with E-state index in [1.165, 1.54) is 0 Å². The smallest absolute Gasteiger partial charge is 0.352 e. The van der Waals surface area contributed by atoms with Crippen LogP contribution < -0.4 is 0 Å². The van der Waals surface area contributed by atoms with Crippen molar-refractivity contribution in [2.45, 2.75) is 13.0 Å². The van der Waals surface area contributed by atoms with Crippen LogP contribution in [-0.4, -0.2) is 53.4 Å². The number of ether oxygens (including phenoxy) is 1. The lowest BCUT2D eigenvalue weighted by molar-refractivity contribution is 0.0369. The second-order valence-corrected chi connectivity index (χ2v) is 4.20. The third-order valence-electron chi connectivity index (χ3n) is 3.03. The highest BCUT2D eigenvalue weighted by atomic mass is 16.5. The van der Waals surface area contributed by atoms with Gasteiger partial charge in [0, 0.05) is 32.4 Å². The Labute approximate surface area is 101 Å². The predicted molar refractivity (Wildman–Crippen MR) is 63.3 cm³/mol. The van der Waals surface area contributed by atoms with Crippen molar-refractivity contribution in [1.29, 1.82) is 0 Å². The Hall–Kier alpha value is -1.33. The Morgan fingerprint density at radius 2 is 2.12 bits per heavy atom. The van der Waals surface area contributed by atoms with Gasteiger partial charge in [0.15, 0.2) is 0 Å². The van der Waals surface area contributed by atoms with E-state index in [4.69, 9.17) is 9.84 Å². The van der Waals surface area contributed by atoms with E-state index >= 15 is 0 Å². The summed E-state index contributed by atoms with van der Waals surface area (Å²) in [6, 6.07) is 3.41. The molecule has 0 radical (unpaired) electrons. The van der Waals surface area contributed by atoms with Gasteiger partial charge >= 0.3 is 5.97 Å². The second-order valence-electron chi connectivity index (χ2n) is 4.20. The van der Waals surface area contributed by atoms with Crippen LogP contribution >= 0.6 is 0 Å². The number of nitrogens with zero attached hydrogens (tertiary/aromatic N) is 2. The minimum Gasteiger partial charge on any atom is -0.477 e. The molecule has 1 N–H and O–H groups in total. The number of hydrogen-bond donors (Lipinski definition) is 1. The van der Waals surface area contributed by atoms with Gasteiger partial charge in [-0.1, -0.05) is 0 Å². The van der Waals surface area contributed by atoms with Crippen LogP contribution in [0.1, 0.15) is 16.9 Å². The molecule has 1 aromatic heterocycles. The molecule has 0 aliphatic carbocycles. The van der Waals surface area contributed by atoms with E-state index < -0.39 is 5.97 Å². The number of aryl methyl sites for hydroxylation is 1. The predicted octanol–water partition coefficient (Wildman–Crippen LogP) is 0.909. The molecular formula is C12H18N2O3. The van der Waals surface area contributed by atoms with E-state index in [9.17, 15) is 4.79 Å². The molecule has 5 nitrogen and oxygen atoms in total. The summed E-state index contributed by atoms with van der Waals surface area (Å²) in [5.74, 6) is -0.860. The van der Waals surface area contributed by atoms with E-state index in [1.807, 2.05) is 6.20 Å². The summed E-state index contributed by atoms with van der Waals surface area (Å²) < 4.78 is 7.07. The maximum absolute atomic E-state index is 10.9. The van der Waals surface area contributed by atoms with Gasteiger partial charge < -0.3 is 14.4 Å². The lowest BCUT2D eigenvalue weighted by Gasteiger charge is -2.26. The quantitative estimate of drug-likeness (QED) is 0.828. The fraction of sp³-hybridized carbons (Fsp3) is 0.583. The summed E-state index contributed by atoms with van der Waals surface area (Å²) in [7, 11) is 0. The molecule has 0 saturated carbocycles. The first kappa shape index (κ1) is 12.1. The van der Waals surface area contributed by atoms with Gasteiger partial charge in [-0.15, -0.1) is 0 Å². The Kier molecular flexibility index (Phi) is 4.17. The second kappa shape index (κ2) is 5.84. The van der Waals surface area contributed by atoms with Gasteiger partial charge in [0.2, 0.25) is 0 Å². The molecule has 1 fully saturated rings. The average Bonchev–Trinajstić information content (AvgIpc) is 2.79. The van der Waals surface area contributed by atoms with Gasteiger partial charge in [-0.3, -0.25) is 4.90 Å². The number of carbonyl (C=O) groups is 1. The Bertz CT molecular complexity index is 370. The van der Waals surface area contributed by atoms with Crippen LogP contribution in [0.25, 0.3) is 0 Å². The van der Waals surface area contributed by atoms with Crippen molar-refractivity contribution < 1.29 is 14.6 Å². The molecule has 0 amide bonds. The molecular weight excluding hydrogens is 220 g/mol. The van der Waals surface area contributed by atoms with Crippen LogP contribution in [0.4, 0.5) is 0 Å². The van der Waals surface area contributed by atoms with Gasteiger partial charge in [0.25, 0.3) is 0 Å². The maximum atomic E-state index is 10.9. The summed E-state index contributed by atoms with van der Waals surface area (Å²) in [4.78, 5) is 13.3. The largest absolute Gasteiger partial charge is 0.477 e. The number of rotatable bonds is 5. The van der Waals surface area contributed by atoms with Crippen molar-refractivity contribution >= 4 is 5.97 Å². The average molecular weight is 238 g/mol. The zero-order chi connectivity index (χ0) is 12.1. The van der Waals surface area contributed by atoms with E-state index in [0.717, 1.165) is 45.8 Å². The molecule has 1 aliphatic heterocycles. The Morgan fingerprint density at radius 3 is 2.82 bits per heavy atom. The zero-order valence-corrected chi connectivity index (χ0v) is 9.84. The standard InChI is InChI=1S/C12H18N2O3/c15-12(16)11-3-1-5-14(11)6-2-4-13-7-9-17-10-8-13/h1,3,5H,2,4,6-10H2,(H,15,16). The van der Waals surface area contributed by atoms with E-state index in [-0.39, 0.29) is 0 Å². The van der Waals surface area contributed by atoms with Crippen molar-refractivity contribution in [3.63, 3.8) is 0 Å². The van der Waals surface area contributed by atoms with Gasteiger partial charge in [-0.25, -0.2) is 4.79 Å². The maximum Gasteiger partial charge on any atom is 0.352 e. The third kappa shape index (κ3) is 3.31. The highest BCUT2D eigenvalue weighted by molar-refractivity contribution is 5.85. The minimum atomic E-state index is -0.860. The molecule has 0 unspecified atom stereocenters. The number of morpholine rings is 1. The van der Waals surface area contributed by atoms with Crippen molar-refractivity contribution in [2.24, 2.45) is 0 Å². The molecule has 2 heterocycles. The molecule has 0 bridgehead atoms. The van der Waals surface area contributed by atoms with Crippen molar-refractivity contribution in [3.05, 3.63) is 24.0 Å². The lowest BCUT2D eigenvalue weighted by atomic mass is 10.3. The van der Waals surface area contributed by atoms with Crippen molar-refractivity contribution in [3.8, 4) is 0 Å². The number of carboxylic acid groups (broad SMARTS) is 1. The summed E-state index contributed by atoms with van der Waals surface area (Å²) in [6.07, 6.45) is 2.79. The molecule has 1 aromatic rings. The van der Waals surface area contributed by atoms with Crippen molar-refractivity contribution in [2.75, 3.05) is 32.8 Å². The van der Waals surface area contributed by atoms with E-state index in [1.54, 1.807) is 16.7 Å². The molecule has 1 saturated heterocycles. The number of hydrogen-bond acceptors (Lipinski definition) is 3. The fourth-order valence-electron chi connectivity index (χ4n) is 2.09. The van der Waals surface area contributed by atoms with Crippen LogP contribution in [0.2, 0.25) is 0 Å². The Morgan fingerprint density at radius 1 is 1.35 bits per heavy atom. The number of aromatic carboxylic acids is 1. The summed E-state index contributed by atoms with van der Waals surface area (Å²) in [5.41, 5.74) is 0.368. The highest BCUT2D eigenvalue weighted by Gasteiger charge is 2.11. The van der Waals surface area contributed by atoms with Gasteiger partial charge in [-0.05, 0) is 18.6 Å². The monoisotopic (exact) mass is 238 g/mol. The van der Waals surface area contributed by atoms with Crippen LogP contribution in [0.5, 0.6) is 0 Å². The summed E-state index contributed by atoms with van der Waals surface area (Å²) >= 11 is 0. The van der Waals surface area contributed by atoms with E-state index in [2.05, 4.69) is 4.90 Å². The molecule has 17 heavy (non-hydrogen) atoms. The number of carboxylic acids is 1. The molecule has 94 valence electrons. The van der Waals surface area contributed by atoms with Crippen LogP contribution in [0.15, 0.2) is 18.3 Å². The summed E-state index contributed by atoms with van der Waals surface area (Å²) in [6.45, 7) is 5.34. The Balaban J connectivity index is 1.77. The fourth-order valence-corrected chi connectivity index (χ4v) is 2.09. The van der Waals surface area contributed by atoms with Crippen LogP contribution in [0, 0.1) is 0 Å². The molecule has 0 spiro atoms. The zero-order valence-electron chi connectivity index (χ0n) is 9.84. The third-order valence-corrected chi connectivity index (χ3v) is 3.03. The first-order valence-corrected chi connectivity index (χ1v) is 5.96. The molecule has 1 aliphatic rings. The van der Waals surface area contributed by atoms with Gasteiger partial charge in [-0.2, -0.15) is 0 Å². The molecule has 2 rings (SSSR count). The van der Waals surface area contributed by atoms with E-state index in [0.29, 0.717) is 5.69 Å². The van der Waals surface area contributed by atoms with Crippen molar-refractivity contribution in [1.82, 2.24) is 9.47 Å². The van der Waals surface area contributed by atoms with Gasteiger partial charge in [0.05, 0.1) is 13.2 Å². The minimum absolute atomic E-state index is 0.368.